The van der Waals surface area contributed by atoms with Gasteiger partial charge < -0.3 is 15.4 Å². The lowest BCUT2D eigenvalue weighted by molar-refractivity contribution is -0.136. The molecule has 3 aromatic carbocycles. The molecule has 1 fully saturated rings. The van der Waals surface area contributed by atoms with Gasteiger partial charge in [-0.05, 0) is 73.4 Å². The number of rotatable bonds is 7. The Balaban J connectivity index is 1.49. The lowest BCUT2D eigenvalue weighted by atomic mass is 10.1. The fraction of sp³-hybridized carbons (Fsp3) is 0.200. The highest BCUT2D eigenvalue weighted by Crippen LogP contribution is 2.37. The van der Waals surface area contributed by atoms with Gasteiger partial charge >= 0.3 is 6.18 Å². The second-order valence-electron chi connectivity index (χ2n) is 7.92. The molecule has 3 aromatic rings. The molecule has 4 rings (SSSR count). The number of alkyl halides is 3. The maximum Gasteiger partial charge on any atom is 0.418 e. The van der Waals surface area contributed by atoms with Crippen molar-refractivity contribution in [2.45, 2.75) is 19.0 Å². The minimum atomic E-state index is -4.82. The molecule has 0 bridgehead atoms. The summed E-state index contributed by atoms with van der Waals surface area (Å²) in [7, 11) is 0. The van der Waals surface area contributed by atoms with Crippen molar-refractivity contribution in [3.63, 3.8) is 0 Å². The minimum absolute atomic E-state index is 0.156. The number of hydrogen-bond acceptors (Lipinski definition) is 3. The quantitative estimate of drug-likeness (QED) is 0.406. The molecule has 1 saturated carbocycles. The van der Waals surface area contributed by atoms with E-state index in [2.05, 4.69) is 10.6 Å². The highest BCUT2D eigenvalue weighted by Gasteiger charge is 2.34. The van der Waals surface area contributed by atoms with Gasteiger partial charge in [0, 0.05) is 11.3 Å². The van der Waals surface area contributed by atoms with Gasteiger partial charge in [-0.1, -0.05) is 12.1 Å². The van der Waals surface area contributed by atoms with Gasteiger partial charge in [0.15, 0.2) is 0 Å². The molecule has 1 aliphatic rings. The smallest absolute Gasteiger partial charge is 0.418 e. The van der Waals surface area contributed by atoms with Crippen molar-refractivity contribution >= 4 is 23.2 Å². The molecule has 1 aliphatic carbocycles. The van der Waals surface area contributed by atoms with Gasteiger partial charge in [-0.3, -0.25) is 9.59 Å². The molecule has 0 unspecified atom stereocenters. The fourth-order valence-electron chi connectivity index (χ4n) is 3.20. The highest BCUT2D eigenvalue weighted by molar-refractivity contribution is 6.06. The lowest BCUT2D eigenvalue weighted by Gasteiger charge is -2.16. The lowest BCUT2D eigenvalue weighted by Crippen LogP contribution is -2.18. The van der Waals surface area contributed by atoms with Crippen LogP contribution >= 0.6 is 0 Å². The van der Waals surface area contributed by atoms with E-state index in [1.807, 2.05) is 0 Å². The number of anilines is 2. The van der Waals surface area contributed by atoms with E-state index in [9.17, 15) is 27.2 Å². The maximum atomic E-state index is 13.8. The van der Waals surface area contributed by atoms with Crippen molar-refractivity contribution in [3.05, 3.63) is 89.2 Å². The Bertz CT molecular complexity index is 1210. The van der Waals surface area contributed by atoms with E-state index < -0.39 is 35.1 Å². The Morgan fingerprint density at radius 1 is 0.912 bits per heavy atom. The van der Waals surface area contributed by atoms with Crippen LogP contribution in [0.2, 0.25) is 0 Å². The van der Waals surface area contributed by atoms with Gasteiger partial charge in [0.25, 0.3) is 11.8 Å². The summed E-state index contributed by atoms with van der Waals surface area (Å²) in [6, 6.07) is 14.1. The largest absolute Gasteiger partial charge is 0.493 e. The van der Waals surface area contributed by atoms with Crippen molar-refractivity contribution < 1.29 is 31.9 Å². The molecule has 0 heterocycles. The Labute approximate surface area is 192 Å². The fourth-order valence-corrected chi connectivity index (χ4v) is 3.20. The van der Waals surface area contributed by atoms with Crippen LogP contribution in [-0.2, 0) is 6.18 Å². The number of nitrogens with one attached hydrogen (secondary N) is 2. The molecule has 0 aliphatic heterocycles. The van der Waals surface area contributed by atoms with Crippen LogP contribution in [-0.4, -0.2) is 18.4 Å². The summed E-state index contributed by atoms with van der Waals surface area (Å²) in [6.45, 7) is 0.598. The average Bonchev–Trinajstić information content (AvgIpc) is 3.63. The van der Waals surface area contributed by atoms with Crippen LogP contribution in [0.25, 0.3) is 0 Å². The molecule has 2 amide bonds. The summed E-state index contributed by atoms with van der Waals surface area (Å²) in [4.78, 5) is 24.8. The zero-order valence-electron chi connectivity index (χ0n) is 17.8. The van der Waals surface area contributed by atoms with Crippen LogP contribution < -0.4 is 15.4 Å². The molecule has 5 nitrogen and oxygen atoms in total. The summed E-state index contributed by atoms with van der Waals surface area (Å²) in [6.07, 6.45) is -2.55. The van der Waals surface area contributed by atoms with Gasteiger partial charge in [0.05, 0.1) is 23.4 Å². The van der Waals surface area contributed by atoms with E-state index in [0.717, 1.165) is 25.0 Å². The SMILES string of the molecule is O=C(Nc1ccc(NC(=O)c2ccccc2F)cc1C(F)(F)F)c1ccc(OCC2CC2)cc1. The molecule has 0 atom stereocenters. The third-order valence-corrected chi connectivity index (χ3v) is 5.25. The van der Waals surface area contributed by atoms with E-state index in [-0.39, 0.29) is 16.8 Å². The van der Waals surface area contributed by atoms with Crippen molar-refractivity contribution in [2.24, 2.45) is 5.92 Å². The number of hydrogen-bond donors (Lipinski definition) is 2. The zero-order chi connectivity index (χ0) is 24.3. The van der Waals surface area contributed by atoms with E-state index in [4.69, 9.17) is 4.74 Å². The van der Waals surface area contributed by atoms with Crippen LogP contribution in [0, 0.1) is 11.7 Å². The first-order chi connectivity index (χ1) is 16.2. The third-order valence-electron chi connectivity index (χ3n) is 5.25. The van der Waals surface area contributed by atoms with Gasteiger partial charge in [0.2, 0.25) is 0 Å². The zero-order valence-corrected chi connectivity index (χ0v) is 17.8. The third kappa shape index (κ3) is 5.72. The summed E-state index contributed by atoms with van der Waals surface area (Å²) < 4.78 is 60.4. The van der Waals surface area contributed by atoms with E-state index in [0.29, 0.717) is 24.3 Å². The Morgan fingerprint density at radius 3 is 2.26 bits per heavy atom. The second kappa shape index (κ2) is 9.54. The molecule has 0 aromatic heterocycles. The second-order valence-corrected chi connectivity index (χ2v) is 7.92. The maximum absolute atomic E-state index is 13.8. The van der Waals surface area contributed by atoms with Gasteiger partial charge in [-0.15, -0.1) is 0 Å². The van der Waals surface area contributed by atoms with E-state index in [1.165, 1.54) is 36.4 Å². The van der Waals surface area contributed by atoms with Crippen molar-refractivity contribution in [1.82, 2.24) is 0 Å². The van der Waals surface area contributed by atoms with Crippen LogP contribution in [0.15, 0.2) is 66.7 Å². The number of halogens is 4. The van der Waals surface area contributed by atoms with Crippen LogP contribution in [0.3, 0.4) is 0 Å². The molecule has 9 heteroatoms. The summed E-state index contributed by atoms with van der Waals surface area (Å²) in [5.41, 5.74) is -1.98. The minimum Gasteiger partial charge on any atom is -0.493 e. The van der Waals surface area contributed by atoms with Crippen molar-refractivity contribution in [3.8, 4) is 5.75 Å². The number of carbonyl (C=O) groups excluding carboxylic acids is 2. The van der Waals surface area contributed by atoms with Crippen molar-refractivity contribution in [1.29, 1.82) is 0 Å². The Morgan fingerprint density at radius 2 is 1.62 bits per heavy atom. The highest BCUT2D eigenvalue weighted by atomic mass is 19.4. The van der Waals surface area contributed by atoms with E-state index >= 15 is 0 Å². The monoisotopic (exact) mass is 472 g/mol. The predicted molar refractivity (Wildman–Crippen MR) is 118 cm³/mol. The average molecular weight is 472 g/mol. The van der Waals surface area contributed by atoms with E-state index in [1.54, 1.807) is 12.1 Å². The number of amides is 2. The van der Waals surface area contributed by atoms with Crippen LogP contribution in [0.5, 0.6) is 5.75 Å². The Kier molecular flexibility index (Phi) is 6.54. The van der Waals surface area contributed by atoms with Crippen LogP contribution in [0.1, 0.15) is 39.1 Å². The summed E-state index contributed by atoms with van der Waals surface area (Å²) in [5, 5.41) is 4.51. The first-order valence-corrected chi connectivity index (χ1v) is 10.5. The van der Waals surface area contributed by atoms with Gasteiger partial charge in [0.1, 0.15) is 11.6 Å². The van der Waals surface area contributed by atoms with Gasteiger partial charge in [-0.25, -0.2) is 4.39 Å². The normalized spacial score (nSPS) is 13.3. The Hall–Kier alpha value is -3.88. The summed E-state index contributed by atoms with van der Waals surface area (Å²) in [5.74, 6) is -1.30. The van der Waals surface area contributed by atoms with Crippen molar-refractivity contribution in [2.75, 3.05) is 17.2 Å². The molecule has 2 N–H and O–H groups in total. The predicted octanol–water partition coefficient (Wildman–Crippen LogP) is 6.14. The molecule has 0 saturated heterocycles. The molecular formula is C25H20F4N2O3. The molecule has 0 radical (unpaired) electrons. The topological polar surface area (TPSA) is 67.4 Å². The first kappa shape index (κ1) is 23.3. The molecule has 34 heavy (non-hydrogen) atoms. The van der Waals surface area contributed by atoms with Crippen LogP contribution in [0.4, 0.5) is 28.9 Å². The standard InChI is InChI=1S/C25H20F4N2O3/c26-21-4-2-1-3-19(21)24(33)30-17-9-12-22(20(13-17)25(27,28)29)31-23(32)16-7-10-18(11-8-16)34-14-15-5-6-15/h1-4,7-13,15H,5-6,14H2,(H,30,33)(H,31,32). The van der Waals surface area contributed by atoms with Gasteiger partial charge in [-0.2, -0.15) is 13.2 Å². The number of carbonyl (C=O) groups is 2. The number of benzene rings is 3. The first-order valence-electron chi connectivity index (χ1n) is 10.5. The molecule has 176 valence electrons. The molecular weight excluding hydrogens is 452 g/mol. The summed E-state index contributed by atoms with van der Waals surface area (Å²) >= 11 is 0. The molecule has 0 spiro atoms. The number of ether oxygens (including phenoxy) is 1.